The fourth-order valence-electron chi connectivity index (χ4n) is 1.93. The van der Waals surface area contributed by atoms with E-state index in [0.29, 0.717) is 5.02 Å². The highest BCUT2D eigenvalue weighted by atomic mass is 35.5. The molecule has 0 radical (unpaired) electrons. The average molecular weight is 304 g/mol. The molecule has 2 aromatic heterocycles. The van der Waals surface area contributed by atoms with E-state index in [4.69, 9.17) is 23.2 Å². The molecule has 1 N–H and O–H groups in total. The molecular formula is C12H15Cl2N3S. The van der Waals surface area contributed by atoms with Crippen LogP contribution < -0.4 is 5.32 Å². The molecule has 0 amide bonds. The Morgan fingerprint density at radius 3 is 2.56 bits per heavy atom. The Morgan fingerprint density at radius 1 is 1.33 bits per heavy atom. The molecule has 98 valence electrons. The van der Waals surface area contributed by atoms with Gasteiger partial charge in [0, 0.05) is 10.9 Å². The predicted octanol–water partition coefficient (Wildman–Crippen LogP) is 4.14. The maximum Gasteiger partial charge on any atom is 0.0931 e. The quantitative estimate of drug-likeness (QED) is 0.920. The molecule has 0 aliphatic carbocycles. The summed E-state index contributed by atoms with van der Waals surface area (Å²) in [6.45, 7) is 4.17. The van der Waals surface area contributed by atoms with E-state index in [-0.39, 0.29) is 12.1 Å². The number of nitrogens with one attached hydrogen (secondary N) is 1. The van der Waals surface area contributed by atoms with Crippen molar-refractivity contribution < 1.29 is 0 Å². The summed E-state index contributed by atoms with van der Waals surface area (Å²) in [5.41, 5.74) is 0.979. The van der Waals surface area contributed by atoms with Gasteiger partial charge in [-0.15, -0.1) is 11.3 Å². The Hall–Kier alpha value is -0.550. The van der Waals surface area contributed by atoms with Crippen molar-refractivity contribution >= 4 is 34.5 Å². The minimum absolute atomic E-state index is 0.0138. The lowest BCUT2D eigenvalue weighted by molar-refractivity contribution is 0.486. The summed E-state index contributed by atoms with van der Waals surface area (Å²) in [7, 11) is 1.91. The molecule has 2 aromatic rings. The van der Waals surface area contributed by atoms with Gasteiger partial charge in [-0.25, -0.2) is 0 Å². The number of aromatic nitrogens is 2. The van der Waals surface area contributed by atoms with Crippen LogP contribution in [0, 0.1) is 0 Å². The number of hydrogen-bond donors (Lipinski definition) is 1. The molecule has 0 aliphatic rings. The summed E-state index contributed by atoms with van der Waals surface area (Å²) in [6.07, 6.45) is 1.69. The summed E-state index contributed by atoms with van der Waals surface area (Å²) in [4.78, 5) is 1.13. The number of thiophene rings is 1. The van der Waals surface area contributed by atoms with Crippen LogP contribution in [0.4, 0.5) is 0 Å². The lowest BCUT2D eigenvalue weighted by atomic mass is 10.1. The highest BCUT2D eigenvalue weighted by Gasteiger charge is 2.23. The van der Waals surface area contributed by atoms with Crippen LogP contribution >= 0.6 is 34.5 Å². The van der Waals surface area contributed by atoms with Crippen LogP contribution in [-0.2, 0) is 0 Å². The van der Waals surface area contributed by atoms with Gasteiger partial charge in [-0.1, -0.05) is 23.2 Å². The van der Waals surface area contributed by atoms with Gasteiger partial charge in [0.1, 0.15) is 0 Å². The maximum absolute atomic E-state index is 6.27. The van der Waals surface area contributed by atoms with E-state index in [2.05, 4.69) is 24.3 Å². The Bertz CT molecular complexity index is 533. The molecule has 1 unspecified atom stereocenters. The van der Waals surface area contributed by atoms with Crippen molar-refractivity contribution in [3.05, 3.63) is 38.3 Å². The van der Waals surface area contributed by atoms with Crippen molar-refractivity contribution in [2.24, 2.45) is 0 Å². The van der Waals surface area contributed by atoms with Crippen molar-refractivity contribution in [1.29, 1.82) is 0 Å². The molecule has 0 aliphatic heterocycles. The molecule has 0 saturated carbocycles. The molecule has 0 fully saturated rings. The van der Waals surface area contributed by atoms with Crippen LogP contribution in [0.3, 0.4) is 0 Å². The van der Waals surface area contributed by atoms with Crippen LogP contribution in [-0.4, -0.2) is 16.8 Å². The second-order valence-electron chi connectivity index (χ2n) is 4.28. The first-order chi connectivity index (χ1) is 8.54. The first-order valence-corrected chi connectivity index (χ1v) is 7.27. The van der Waals surface area contributed by atoms with Crippen LogP contribution in [0.5, 0.6) is 0 Å². The van der Waals surface area contributed by atoms with Gasteiger partial charge < -0.3 is 5.32 Å². The van der Waals surface area contributed by atoms with Crippen LogP contribution in [0.1, 0.15) is 36.5 Å². The third-order valence-electron chi connectivity index (χ3n) is 2.72. The smallest absolute Gasteiger partial charge is 0.0931 e. The van der Waals surface area contributed by atoms with Gasteiger partial charge in [0.2, 0.25) is 0 Å². The Labute approximate surface area is 121 Å². The summed E-state index contributed by atoms with van der Waals surface area (Å²) in [5.74, 6) is 0. The van der Waals surface area contributed by atoms with Gasteiger partial charge in [0.05, 0.1) is 27.3 Å². The molecule has 6 heteroatoms. The molecular weight excluding hydrogens is 289 g/mol. The highest BCUT2D eigenvalue weighted by molar-refractivity contribution is 7.16. The monoisotopic (exact) mass is 303 g/mol. The van der Waals surface area contributed by atoms with E-state index in [1.807, 2.05) is 23.9 Å². The van der Waals surface area contributed by atoms with Gasteiger partial charge in [0.15, 0.2) is 0 Å². The standard InChI is InChI=1S/C12H15Cl2N3S/c1-7(2)17-12(8(13)6-16-17)11(15-3)9-4-5-10(14)18-9/h4-7,11,15H,1-3H3. The van der Waals surface area contributed by atoms with Crippen LogP contribution in [0.2, 0.25) is 9.36 Å². The van der Waals surface area contributed by atoms with E-state index in [1.54, 1.807) is 17.5 Å². The maximum atomic E-state index is 6.27. The van der Waals surface area contributed by atoms with Crippen molar-refractivity contribution in [1.82, 2.24) is 15.1 Å². The van der Waals surface area contributed by atoms with E-state index in [9.17, 15) is 0 Å². The average Bonchev–Trinajstić information content (AvgIpc) is 2.88. The molecule has 0 bridgehead atoms. The van der Waals surface area contributed by atoms with Gasteiger partial charge in [-0.3, -0.25) is 4.68 Å². The van der Waals surface area contributed by atoms with Crippen molar-refractivity contribution in [3.8, 4) is 0 Å². The number of halogens is 2. The molecule has 0 aromatic carbocycles. The third kappa shape index (κ3) is 2.57. The minimum atomic E-state index is 0.0138. The molecule has 2 rings (SSSR count). The summed E-state index contributed by atoms with van der Waals surface area (Å²) in [5, 5.41) is 8.28. The van der Waals surface area contributed by atoms with E-state index in [0.717, 1.165) is 14.9 Å². The molecule has 3 nitrogen and oxygen atoms in total. The number of hydrogen-bond acceptors (Lipinski definition) is 3. The SMILES string of the molecule is CNC(c1ccc(Cl)s1)c1c(Cl)cnn1C(C)C. The summed E-state index contributed by atoms with van der Waals surface area (Å²) >= 11 is 13.8. The van der Waals surface area contributed by atoms with E-state index < -0.39 is 0 Å². The molecule has 0 spiro atoms. The number of nitrogens with zero attached hydrogens (tertiary/aromatic N) is 2. The van der Waals surface area contributed by atoms with Crippen molar-refractivity contribution in [3.63, 3.8) is 0 Å². The second-order valence-corrected chi connectivity index (χ2v) is 6.43. The zero-order chi connectivity index (χ0) is 13.3. The normalized spacial score (nSPS) is 13.2. The first-order valence-electron chi connectivity index (χ1n) is 5.70. The lowest BCUT2D eigenvalue weighted by Gasteiger charge is -2.19. The zero-order valence-corrected chi connectivity index (χ0v) is 12.8. The van der Waals surface area contributed by atoms with Gasteiger partial charge in [0.25, 0.3) is 0 Å². The Balaban J connectivity index is 2.47. The van der Waals surface area contributed by atoms with E-state index in [1.165, 1.54) is 0 Å². The first kappa shape index (κ1) is 13.9. The van der Waals surface area contributed by atoms with Gasteiger partial charge in [-0.2, -0.15) is 5.10 Å². The second kappa shape index (κ2) is 5.61. The highest BCUT2D eigenvalue weighted by Crippen LogP contribution is 2.34. The van der Waals surface area contributed by atoms with Crippen molar-refractivity contribution in [2.75, 3.05) is 7.05 Å². The molecule has 2 heterocycles. The minimum Gasteiger partial charge on any atom is -0.307 e. The van der Waals surface area contributed by atoms with E-state index >= 15 is 0 Å². The third-order valence-corrected chi connectivity index (χ3v) is 4.30. The number of rotatable bonds is 4. The van der Waals surface area contributed by atoms with Crippen LogP contribution in [0.15, 0.2) is 18.3 Å². The van der Waals surface area contributed by atoms with Crippen molar-refractivity contribution in [2.45, 2.75) is 25.9 Å². The summed E-state index contributed by atoms with van der Waals surface area (Å²) in [6, 6.07) is 4.19. The van der Waals surface area contributed by atoms with Gasteiger partial charge in [-0.05, 0) is 33.0 Å². The Morgan fingerprint density at radius 2 is 2.06 bits per heavy atom. The van der Waals surface area contributed by atoms with Crippen LogP contribution in [0.25, 0.3) is 0 Å². The predicted molar refractivity (Wildman–Crippen MR) is 77.9 cm³/mol. The largest absolute Gasteiger partial charge is 0.307 e. The lowest BCUT2D eigenvalue weighted by Crippen LogP contribution is -2.22. The topological polar surface area (TPSA) is 29.9 Å². The fraction of sp³-hybridized carbons (Fsp3) is 0.417. The zero-order valence-electron chi connectivity index (χ0n) is 10.4. The fourth-order valence-corrected chi connectivity index (χ4v) is 3.34. The Kier molecular flexibility index (Phi) is 4.33. The van der Waals surface area contributed by atoms with Gasteiger partial charge >= 0.3 is 0 Å². The molecule has 0 saturated heterocycles. The molecule has 18 heavy (non-hydrogen) atoms. The summed E-state index contributed by atoms with van der Waals surface area (Å²) < 4.78 is 2.72. The molecule has 1 atom stereocenters.